The van der Waals surface area contributed by atoms with Crippen LogP contribution >= 0.6 is 0 Å². The molecule has 0 atom stereocenters. The topological polar surface area (TPSA) is 110 Å². The van der Waals surface area contributed by atoms with Crippen molar-refractivity contribution in [2.75, 3.05) is 40.4 Å². The quantitative estimate of drug-likeness (QED) is 0.127. The Morgan fingerprint density at radius 1 is 0.627 bits per heavy atom. The Morgan fingerprint density at radius 2 is 1.22 bits per heavy atom. The molecule has 5 aromatic rings. The molecule has 0 saturated carbocycles. The fourth-order valence-electron chi connectivity index (χ4n) is 6.43. The summed E-state index contributed by atoms with van der Waals surface area (Å²) < 4.78 is 28.5. The van der Waals surface area contributed by atoms with E-state index in [1.807, 2.05) is 60.9 Å². The minimum atomic E-state index is 0.313. The molecule has 0 unspecified atom stereocenters. The summed E-state index contributed by atoms with van der Waals surface area (Å²) in [5, 5.41) is 0. The number of piperidine rings is 2. The van der Waals surface area contributed by atoms with Gasteiger partial charge in [-0.2, -0.15) is 0 Å². The van der Waals surface area contributed by atoms with E-state index in [0.717, 1.165) is 99.3 Å². The lowest BCUT2D eigenvalue weighted by Crippen LogP contribution is -2.36. The van der Waals surface area contributed by atoms with Crippen molar-refractivity contribution in [3.63, 3.8) is 0 Å². The second kappa shape index (κ2) is 19.1. The summed E-state index contributed by atoms with van der Waals surface area (Å²) in [5.41, 5.74) is 4.44. The molecule has 2 aromatic heterocycles. The van der Waals surface area contributed by atoms with Crippen LogP contribution in [0.2, 0.25) is 0 Å². The van der Waals surface area contributed by atoms with Gasteiger partial charge in [0.15, 0.2) is 0 Å². The third-order valence-corrected chi connectivity index (χ3v) is 9.30. The van der Waals surface area contributed by atoms with Gasteiger partial charge in [-0.1, -0.05) is 30.3 Å². The number of nitrogens with zero attached hydrogens (tertiary/aromatic N) is 4. The average Bonchev–Trinajstić information content (AvgIpc) is 3.91. The smallest absolute Gasteiger partial charge is 0.127 e. The van der Waals surface area contributed by atoms with Crippen molar-refractivity contribution in [3.05, 3.63) is 120 Å². The number of hydrogen-bond acceptors (Lipinski definition) is 9. The number of rotatable bonds is 14. The second-order valence-electron chi connectivity index (χ2n) is 12.9. The minimum Gasteiger partial charge on any atom is -0.497 e. The summed E-state index contributed by atoms with van der Waals surface area (Å²) in [5.74, 6) is 3.45. The fraction of sp³-hybridized carbons (Fsp3) is 0.400. The Hall–Kier alpha value is -4.68. The molecule has 0 bridgehead atoms. The van der Waals surface area contributed by atoms with Crippen molar-refractivity contribution in [1.82, 2.24) is 29.7 Å². The van der Waals surface area contributed by atoms with E-state index in [1.165, 1.54) is 11.1 Å². The summed E-state index contributed by atoms with van der Waals surface area (Å²) in [4.78, 5) is 19.2. The minimum absolute atomic E-state index is 0.313. The van der Waals surface area contributed by atoms with Gasteiger partial charge >= 0.3 is 0 Å². The molecule has 2 fully saturated rings. The van der Waals surface area contributed by atoms with Gasteiger partial charge < -0.3 is 33.7 Å². The molecule has 0 aliphatic carbocycles. The van der Waals surface area contributed by atoms with E-state index in [-0.39, 0.29) is 0 Å². The van der Waals surface area contributed by atoms with E-state index in [4.69, 9.17) is 23.7 Å². The summed E-state index contributed by atoms with van der Waals surface area (Å²) in [6.07, 6.45) is 12.0. The molecule has 0 radical (unpaired) electrons. The van der Waals surface area contributed by atoms with E-state index in [0.29, 0.717) is 25.4 Å². The van der Waals surface area contributed by atoms with Crippen molar-refractivity contribution in [2.24, 2.45) is 0 Å². The van der Waals surface area contributed by atoms with Crippen molar-refractivity contribution in [2.45, 2.75) is 64.2 Å². The van der Waals surface area contributed by atoms with E-state index < -0.39 is 0 Å². The number of hydrogen-bond donors (Lipinski definition) is 2. The van der Waals surface area contributed by atoms with Crippen LogP contribution in [0.3, 0.4) is 0 Å². The number of ether oxygens (including phenoxy) is 5. The molecule has 0 spiro atoms. The summed E-state index contributed by atoms with van der Waals surface area (Å²) in [6, 6.07) is 24.2. The van der Waals surface area contributed by atoms with Crippen LogP contribution in [0.25, 0.3) is 0 Å². The highest BCUT2D eigenvalue weighted by Gasteiger charge is 2.22. The number of H-pyrrole nitrogens is 2. The average molecular weight is 695 g/mol. The largest absolute Gasteiger partial charge is 0.497 e. The number of aromatic nitrogens is 4. The first-order valence-electron chi connectivity index (χ1n) is 17.8. The molecular weight excluding hydrogens is 644 g/mol. The number of nitrogens with one attached hydrogen (secondary N) is 2. The zero-order valence-corrected chi connectivity index (χ0v) is 29.7. The Morgan fingerprint density at radius 3 is 1.78 bits per heavy atom. The normalized spacial score (nSPS) is 16.0. The molecule has 2 aliphatic heterocycles. The Kier molecular flexibility index (Phi) is 13.5. The van der Waals surface area contributed by atoms with Crippen LogP contribution in [-0.4, -0.2) is 82.3 Å². The maximum atomic E-state index is 5.99. The molecule has 11 nitrogen and oxygen atoms in total. The number of methoxy groups -OCH3 is 2. The highest BCUT2D eigenvalue weighted by molar-refractivity contribution is 5.37. The van der Waals surface area contributed by atoms with Crippen LogP contribution < -0.4 is 14.2 Å². The highest BCUT2D eigenvalue weighted by Crippen LogP contribution is 2.26. The van der Waals surface area contributed by atoms with Gasteiger partial charge in [-0.05, 0) is 73.7 Å². The van der Waals surface area contributed by atoms with Gasteiger partial charge in [0.2, 0.25) is 0 Å². The predicted octanol–water partition coefficient (Wildman–Crippen LogP) is 6.99. The molecule has 4 heterocycles. The SMILES string of the molecule is COc1ccc(Oc2cccc(CN3CCC(OCc4c[nH]cn4)CC3)c2)cc1.COc1ccccc1CN1CCC(OCc2c[nH]cn2)CC1. The van der Waals surface area contributed by atoms with Crippen LogP contribution in [-0.2, 0) is 35.8 Å². The molecule has 0 amide bonds. The number of para-hydroxylation sites is 1. The van der Waals surface area contributed by atoms with Crippen LogP contribution in [0.4, 0.5) is 0 Å². The molecule has 3 aromatic carbocycles. The molecule has 7 rings (SSSR count). The van der Waals surface area contributed by atoms with E-state index in [1.54, 1.807) is 26.9 Å². The predicted molar refractivity (Wildman–Crippen MR) is 196 cm³/mol. The van der Waals surface area contributed by atoms with Crippen LogP contribution in [0.5, 0.6) is 23.0 Å². The van der Waals surface area contributed by atoms with Crippen molar-refractivity contribution < 1.29 is 23.7 Å². The second-order valence-corrected chi connectivity index (χ2v) is 12.9. The van der Waals surface area contributed by atoms with Crippen LogP contribution in [0, 0.1) is 0 Å². The lowest BCUT2D eigenvalue weighted by Gasteiger charge is -2.32. The maximum Gasteiger partial charge on any atom is 0.127 e. The van der Waals surface area contributed by atoms with Crippen LogP contribution in [0.15, 0.2) is 97.8 Å². The van der Waals surface area contributed by atoms with Gasteiger partial charge in [-0.15, -0.1) is 0 Å². The maximum absolute atomic E-state index is 5.99. The van der Waals surface area contributed by atoms with Crippen LogP contribution in [0.1, 0.15) is 48.2 Å². The Labute approximate surface area is 300 Å². The van der Waals surface area contributed by atoms with Crippen molar-refractivity contribution in [1.29, 1.82) is 0 Å². The first-order chi connectivity index (χ1) is 25.1. The van der Waals surface area contributed by atoms with E-state index in [9.17, 15) is 0 Å². The fourth-order valence-corrected chi connectivity index (χ4v) is 6.43. The summed E-state index contributed by atoms with van der Waals surface area (Å²) in [6.45, 7) is 7.23. The zero-order chi connectivity index (χ0) is 35.1. The van der Waals surface area contributed by atoms with Crippen molar-refractivity contribution in [3.8, 4) is 23.0 Å². The first-order valence-corrected chi connectivity index (χ1v) is 17.8. The van der Waals surface area contributed by atoms with Gasteiger partial charge in [-0.3, -0.25) is 9.80 Å². The highest BCUT2D eigenvalue weighted by atomic mass is 16.5. The summed E-state index contributed by atoms with van der Waals surface area (Å²) >= 11 is 0. The third-order valence-electron chi connectivity index (χ3n) is 9.30. The third kappa shape index (κ3) is 11.4. The van der Waals surface area contributed by atoms with Crippen molar-refractivity contribution >= 4 is 0 Å². The molecule has 2 saturated heterocycles. The number of aromatic amines is 2. The monoisotopic (exact) mass is 694 g/mol. The molecule has 11 heteroatoms. The lowest BCUT2D eigenvalue weighted by atomic mass is 10.1. The number of imidazole rings is 2. The van der Waals surface area contributed by atoms with Gasteiger partial charge in [0.1, 0.15) is 23.0 Å². The molecule has 2 aliphatic rings. The van der Waals surface area contributed by atoms with Gasteiger partial charge in [0.25, 0.3) is 0 Å². The van der Waals surface area contributed by atoms with Gasteiger partial charge in [0.05, 0.1) is 63.7 Å². The molecule has 2 N–H and O–H groups in total. The Bertz CT molecular complexity index is 1680. The molecule has 51 heavy (non-hydrogen) atoms. The van der Waals surface area contributed by atoms with E-state index in [2.05, 4.69) is 54.0 Å². The lowest BCUT2D eigenvalue weighted by molar-refractivity contribution is -0.00524. The zero-order valence-electron chi connectivity index (χ0n) is 29.7. The van der Waals surface area contributed by atoms with E-state index >= 15 is 0 Å². The molecular formula is C40H50N6O5. The summed E-state index contributed by atoms with van der Waals surface area (Å²) in [7, 11) is 3.39. The first kappa shape index (κ1) is 36.1. The number of likely N-dealkylation sites (tertiary alicyclic amines) is 2. The standard InChI is InChI=1S/C23H27N3O3.C17H23N3O2/c1-27-20-5-7-22(8-6-20)29-23-4-2-3-18(13-23)15-26-11-9-21(10-12-26)28-16-19-14-24-17-25-19;1-21-17-5-3-2-4-14(17)11-20-8-6-16(7-9-20)22-12-15-10-18-13-19-15/h2-8,13-14,17,21H,9-12,15-16H2,1H3,(H,24,25);2-5,10,13,16H,6-9,11-12H2,1H3,(H,18,19). The molecule has 270 valence electrons. The van der Waals surface area contributed by atoms with Gasteiger partial charge in [0, 0.05) is 57.2 Å². The Balaban J connectivity index is 0.000000183. The van der Waals surface area contributed by atoms with Gasteiger partial charge in [-0.25, -0.2) is 9.97 Å². The number of benzene rings is 3.